The lowest BCUT2D eigenvalue weighted by Crippen LogP contribution is -2.34. The number of fused-ring (bicyclic) bond motifs is 1. The number of nitrogens with zero attached hydrogens (tertiary/aromatic N) is 1. The number of aryl methyl sites for hydroxylation is 1. The molecular formula is C17H18N2O4S. The number of carbonyl (C=O) groups excluding carboxylic acids is 1. The molecule has 0 saturated carbocycles. The molecule has 0 spiro atoms. The van der Waals surface area contributed by atoms with Gasteiger partial charge in [-0.1, -0.05) is 30.3 Å². The number of carbonyl (C=O) groups is 1. The molecule has 0 aromatic heterocycles. The summed E-state index contributed by atoms with van der Waals surface area (Å²) in [6.07, 6.45) is 0.808. The maximum atomic E-state index is 12.4. The van der Waals surface area contributed by atoms with E-state index < -0.39 is 10.0 Å². The molecule has 0 radical (unpaired) electrons. The van der Waals surface area contributed by atoms with Crippen molar-refractivity contribution in [3.63, 3.8) is 0 Å². The predicted molar refractivity (Wildman–Crippen MR) is 90.3 cm³/mol. The number of anilines is 1. The minimum atomic E-state index is -3.90. The molecule has 0 bridgehead atoms. The van der Waals surface area contributed by atoms with Crippen LogP contribution in [0.1, 0.15) is 17.5 Å². The van der Waals surface area contributed by atoms with E-state index in [1.165, 1.54) is 13.2 Å². The SMILES string of the molecule is COc1cc2c(cc1S(N)(=O)=O)CCC(=O)N2Cc1ccccc1. The summed E-state index contributed by atoms with van der Waals surface area (Å²) in [7, 11) is -2.52. The van der Waals surface area contributed by atoms with Crippen molar-refractivity contribution in [2.75, 3.05) is 12.0 Å². The Labute approximate surface area is 140 Å². The van der Waals surface area contributed by atoms with E-state index in [2.05, 4.69) is 0 Å². The van der Waals surface area contributed by atoms with E-state index in [1.807, 2.05) is 30.3 Å². The van der Waals surface area contributed by atoms with Gasteiger partial charge in [-0.3, -0.25) is 4.79 Å². The first-order valence-corrected chi connectivity index (χ1v) is 9.03. The van der Waals surface area contributed by atoms with Crippen LogP contribution in [0.25, 0.3) is 0 Å². The van der Waals surface area contributed by atoms with Crippen molar-refractivity contribution in [2.45, 2.75) is 24.3 Å². The largest absolute Gasteiger partial charge is 0.495 e. The lowest BCUT2D eigenvalue weighted by molar-refractivity contribution is -0.119. The number of rotatable bonds is 4. The standard InChI is InChI=1S/C17H18N2O4S/c1-23-15-10-14-13(9-16(15)24(18,21)22)7-8-17(20)19(14)11-12-5-3-2-4-6-12/h2-6,9-10H,7-8,11H2,1H3,(H2,18,21,22). The Morgan fingerprint density at radius 3 is 2.50 bits per heavy atom. The fraction of sp³-hybridized carbons (Fsp3) is 0.235. The van der Waals surface area contributed by atoms with E-state index in [0.29, 0.717) is 25.1 Å². The highest BCUT2D eigenvalue weighted by atomic mass is 32.2. The average Bonchev–Trinajstić information content (AvgIpc) is 2.56. The Kier molecular flexibility index (Phi) is 4.29. The molecule has 24 heavy (non-hydrogen) atoms. The van der Waals surface area contributed by atoms with Gasteiger partial charge in [-0.25, -0.2) is 13.6 Å². The third-order valence-corrected chi connectivity index (χ3v) is 4.99. The molecular weight excluding hydrogens is 328 g/mol. The number of methoxy groups -OCH3 is 1. The zero-order valence-electron chi connectivity index (χ0n) is 13.2. The second-order valence-electron chi connectivity index (χ2n) is 5.64. The highest BCUT2D eigenvalue weighted by Crippen LogP contribution is 2.36. The smallest absolute Gasteiger partial charge is 0.241 e. The van der Waals surface area contributed by atoms with Crippen LogP contribution >= 0.6 is 0 Å². The van der Waals surface area contributed by atoms with Gasteiger partial charge in [0.1, 0.15) is 10.6 Å². The monoisotopic (exact) mass is 346 g/mol. The molecule has 126 valence electrons. The Morgan fingerprint density at radius 2 is 1.88 bits per heavy atom. The molecule has 0 fully saturated rings. The molecule has 1 aliphatic rings. The molecule has 0 saturated heterocycles. The van der Waals surface area contributed by atoms with Crippen LogP contribution in [0.3, 0.4) is 0 Å². The zero-order chi connectivity index (χ0) is 17.3. The summed E-state index contributed by atoms with van der Waals surface area (Å²) in [4.78, 5) is 14.0. The molecule has 0 unspecified atom stereocenters. The minimum absolute atomic E-state index is 0.00300. The highest BCUT2D eigenvalue weighted by molar-refractivity contribution is 7.89. The zero-order valence-corrected chi connectivity index (χ0v) is 14.0. The molecule has 2 aromatic rings. The van der Waals surface area contributed by atoms with Crippen LogP contribution in [0.5, 0.6) is 5.75 Å². The lowest BCUT2D eigenvalue weighted by atomic mass is 10.00. The predicted octanol–water partition coefficient (Wildman–Crippen LogP) is 1.82. The average molecular weight is 346 g/mol. The van der Waals surface area contributed by atoms with Crippen LogP contribution in [0, 0.1) is 0 Å². The number of benzene rings is 2. The second-order valence-corrected chi connectivity index (χ2v) is 7.17. The summed E-state index contributed by atoms with van der Waals surface area (Å²) in [6.45, 7) is 0.421. The first kappa shape index (κ1) is 16.5. The van der Waals surface area contributed by atoms with Crippen LogP contribution in [-0.2, 0) is 27.8 Å². The molecule has 0 atom stereocenters. The van der Waals surface area contributed by atoms with Gasteiger partial charge in [0.15, 0.2) is 0 Å². The van der Waals surface area contributed by atoms with Gasteiger partial charge in [0.25, 0.3) is 0 Å². The van der Waals surface area contributed by atoms with Crippen molar-refractivity contribution in [1.29, 1.82) is 0 Å². The van der Waals surface area contributed by atoms with Gasteiger partial charge in [-0.15, -0.1) is 0 Å². The van der Waals surface area contributed by atoms with E-state index in [1.54, 1.807) is 11.0 Å². The molecule has 2 N–H and O–H groups in total. The molecule has 1 amide bonds. The Morgan fingerprint density at radius 1 is 1.17 bits per heavy atom. The maximum absolute atomic E-state index is 12.4. The first-order chi connectivity index (χ1) is 11.4. The van der Waals surface area contributed by atoms with Gasteiger partial charge in [-0.05, 0) is 23.6 Å². The number of nitrogens with two attached hydrogens (primary N) is 1. The Balaban J connectivity index is 2.08. The summed E-state index contributed by atoms with van der Waals surface area (Å²) in [5.74, 6) is 0.140. The van der Waals surface area contributed by atoms with E-state index in [-0.39, 0.29) is 16.6 Å². The van der Waals surface area contributed by atoms with Crippen molar-refractivity contribution < 1.29 is 17.9 Å². The van der Waals surface area contributed by atoms with E-state index in [0.717, 1.165) is 11.1 Å². The molecule has 2 aromatic carbocycles. The Bertz CT molecular complexity index is 879. The number of ether oxygens (including phenoxy) is 1. The summed E-state index contributed by atoms with van der Waals surface area (Å²) in [6, 6.07) is 12.7. The van der Waals surface area contributed by atoms with E-state index in [4.69, 9.17) is 9.88 Å². The first-order valence-electron chi connectivity index (χ1n) is 7.48. The van der Waals surface area contributed by atoms with Gasteiger partial charge in [0.2, 0.25) is 15.9 Å². The third kappa shape index (κ3) is 3.13. The van der Waals surface area contributed by atoms with Crippen LogP contribution in [-0.4, -0.2) is 21.4 Å². The third-order valence-electron chi connectivity index (χ3n) is 4.05. The number of amides is 1. The van der Waals surface area contributed by atoms with Crippen LogP contribution in [0.15, 0.2) is 47.4 Å². The van der Waals surface area contributed by atoms with Crippen molar-refractivity contribution in [1.82, 2.24) is 0 Å². The van der Waals surface area contributed by atoms with Crippen molar-refractivity contribution in [3.05, 3.63) is 53.6 Å². The lowest BCUT2D eigenvalue weighted by Gasteiger charge is -2.30. The van der Waals surface area contributed by atoms with Crippen molar-refractivity contribution in [2.24, 2.45) is 5.14 Å². The van der Waals surface area contributed by atoms with Gasteiger partial charge < -0.3 is 9.64 Å². The van der Waals surface area contributed by atoms with Crippen LogP contribution in [0.2, 0.25) is 0 Å². The minimum Gasteiger partial charge on any atom is -0.495 e. The topological polar surface area (TPSA) is 89.7 Å². The fourth-order valence-corrected chi connectivity index (χ4v) is 3.60. The quantitative estimate of drug-likeness (QED) is 0.914. The van der Waals surface area contributed by atoms with Gasteiger partial charge in [-0.2, -0.15) is 0 Å². The van der Waals surface area contributed by atoms with Crippen molar-refractivity contribution >= 4 is 21.6 Å². The summed E-state index contributed by atoms with van der Waals surface area (Å²) < 4.78 is 28.7. The molecule has 0 aliphatic carbocycles. The normalized spacial score (nSPS) is 14.4. The van der Waals surface area contributed by atoms with Crippen LogP contribution in [0.4, 0.5) is 5.69 Å². The summed E-state index contributed by atoms with van der Waals surface area (Å²) >= 11 is 0. The van der Waals surface area contributed by atoms with Gasteiger partial charge in [0.05, 0.1) is 19.3 Å². The molecule has 1 aliphatic heterocycles. The number of hydrogen-bond acceptors (Lipinski definition) is 4. The number of hydrogen-bond donors (Lipinski definition) is 1. The van der Waals surface area contributed by atoms with Gasteiger partial charge in [0, 0.05) is 12.5 Å². The Hall–Kier alpha value is -2.38. The molecule has 3 rings (SSSR count). The maximum Gasteiger partial charge on any atom is 0.241 e. The number of sulfonamides is 1. The molecule has 1 heterocycles. The van der Waals surface area contributed by atoms with E-state index in [9.17, 15) is 13.2 Å². The second kappa shape index (κ2) is 6.26. The fourth-order valence-electron chi connectivity index (χ4n) is 2.87. The van der Waals surface area contributed by atoms with Crippen LogP contribution < -0.4 is 14.8 Å². The van der Waals surface area contributed by atoms with Gasteiger partial charge >= 0.3 is 0 Å². The summed E-state index contributed by atoms with van der Waals surface area (Å²) in [5.41, 5.74) is 2.43. The molecule has 6 nitrogen and oxygen atoms in total. The molecule has 7 heteroatoms. The summed E-state index contributed by atoms with van der Waals surface area (Å²) in [5, 5.41) is 5.26. The van der Waals surface area contributed by atoms with E-state index >= 15 is 0 Å². The van der Waals surface area contributed by atoms with Crippen molar-refractivity contribution in [3.8, 4) is 5.75 Å². The number of primary sulfonamides is 1. The highest BCUT2D eigenvalue weighted by Gasteiger charge is 2.28.